The summed E-state index contributed by atoms with van der Waals surface area (Å²) in [5.74, 6) is 0.914. The highest BCUT2D eigenvalue weighted by Gasteiger charge is 2.20. The molecule has 0 bridgehead atoms. The first-order valence-electron chi connectivity index (χ1n) is 5.94. The predicted octanol–water partition coefficient (Wildman–Crippen LogP) is 2.73. The zero-order valence-corrected chi connectivity index (χ0v) is 10.3. The van der Waals surface area contributed by atoms with Crippen LogP contribution in [-0.4, -0.2) is 26.2 Å². The summed E-state index contributed by atoms with van der Waals surface area (Å²) in [5.41, 5.74) is 2.48. The van der Waals surface area contributed by atoms with Gasteiger partial charge >= 0.3 is 0 Å². The van der Waals surface area contributed by atoms with Crippen LogP contribution in [0.3, 0.4) is 0 Å². The van der Waals surface area contributed by atoms with E-state index in [0.717, 1.165) is 18.8 Å². The molecular formula is C13H20N2O. The SMILES string of the molecule is CCC(C)N1CCNc2cc(OC)ccc21. The molecule has 0 aliphatic carbocycles. The molecule has 1 atom stereocenters. The number of methoxy groups -OCH3 is 1. The van der Waals surface area contributed by atoms with Crippen LogP contribution < -0.4 is 15.0 Å². The lowest BCUT2D eigenvalue weighted by atomic mass is 10.1. The number of hydrogen-bond acceptors (Lipinski definition) is 3. The van der Waals surface area contributed by atoms with Crippen LogP contribution in [0.4, 0.5) is 11.4 Å². The summed E-state index contributed by atoms with van der Waals surface area (Å²) >= 11 is 0. The van der Waals surface area contributed by atoms with Gasteiger partial charge in [0, 0.05) is 25.2 Å². The van der Waals surface area contributed by atoms with Crippen molar-refractivity contribution >= 4 is 11.4 Å². The minimum absolute atomic E-state index is 0.592. The first-order valence-corrected chi connectivity index (χ1v) is 5.94. The number of benzene rings is 1. The summed E-state index contributed by atoms with van der Waals surface area (Å²) in [7, 11) is 1.71. The van der Waals surface area contributed by atoms with Gasteiger partial charge < -0.3 is 15.0 Å². The molecule has 0 spiro atoms. The molecule has 0 amide bonds. The number of hydrogen-bond donors (Lipinski definition) is 1. The van der Waals surface area contributed by atoms with Gasteiger partial charge in [-0.25, -0.2) is 0 Å². The summed E-state index contributed by atoms with van der Waals surface area (Å²) in [6.07, 6.45) is 1.17. The van der Waals surface area contributed by atoms with Crippen molar-refractivity contribution in [3.63, 3.8) is 0 Å². The average molecular weight is 220 g/mol. The van der Waals surface area contributed by atoms with Crippen molar-refractivity contribution in [2.45, 2.75) is 26.3 Å². The molecule has 0 fully saturated rings. The number of ether oxygens (including phenoxy) is 1. The molecular weight excluding hydrogens is 200 g/mol. The maximum Gasteiger partial charge on any atom is 0.121 e. The van der Waals surface area contributed by atoms with Crippen LogP contribution >= 0.6 is 0 Å². The Morgan fingerprint density at radius 2 is 2.31 bits per heavy atom. The lowest BCUT2D eigenvalue weighted by Gasteiger charge is -2.36. The molecule has 3 heteroatoms. The largest absolute Gasteiger partial charge is 0.497 e. The highest BCUT2D eigenvalue weighted by molar-refractivity contribution is 5.74. The second-order valence-electron chi connectivity index (χ2n) is 4.26. The standard InChI is InChI=1S/C13H20N2O/c1-4-10(2)15-8-7-14-12-9-11(16-3)5-6-13(12)15/h5-6,9-10,14H,4,7-8H2,1-3H3. The Morgan fingerprint density at radius 3 is 3.00 bits per heavy atom. The van der Waals surface area contributed by atoms with E-state index in [1.165, 1.54) is 17.8 Å². The Bertz CT molecular complexity index is 365. The van der Waals surface area contributed by atoms with Gasteiger partial charge in [-0.3, -0.25) is 0 Å². The van der Waals surface area contributed by atoms with E-state index in [9.17, 15) is 0 Å². The van der Waals surface area contributed by atoms with Crippen molar-refractivity contribution in [2.75, 3.05) is 30.4 Å². The van der Waals surface area contributed by atoms with E-state index in [2.05, 4.69) is 36.2 Å². The smallest absolute Gasteiger partial charge is 0.121 e. The van der Waals surface area contributed by atoms with E-state index >= 15 is 0 Å². The lowest BCUT2D eigenvalue weighted by molar-refractivity contribution is 0.415. The van der Waals surface area contributed by atoms with Gasteiger partial charge in [-0.05, 0) is 25.5 Å². The van der Waals surface area contributed by atoms with E-state index < -0.39 is 0 Å². The van der Waals surface area contributed by atoms with Crippen molar-refractivity contribution < 1.29 is 4.74 Å². The fourth-order valence-corrected chi connectivity index (χ4v) is 2.14. The molecule has 1 aliphatic heterocycles. The van der Waals surface area contributed by atoms with Crippen LogP contribution in [0.15, 0.2) is 18.2 Å². The van der Waals surface area contributed by atoms with Crippen LogP contribution in [0.2, 0.25) is 0 Å². The van der Waals surface area contributed by atoms with Gasteiger partial charge in [0.15, 0.2) is 0 Å². The zero-order chi connectivity index (χ0) is 11.5. The normalized spacial score (nSPS) is 16.3. The third kappa shape index (κ3) is 1.94. The molecule has 0 saturated carbocycles. The van der Waals surface area contributed by atoms with Crippen LogP contribution in [0.5, 0.6) is 5.75 Å². The Kier molecular flexibility index (Phi) is 3.22. The number of nitrogens with zero attached hydrogens (tertiary/aromatic N) is 1. The van der Waals surface area contributed by atoms with E-state index in [1.54, 1.807) is 7.11 Å². The second-order valence-corrected chi connectivity index (χ2v) is 4.26. The average Bonchev–Trinajstić information content (AvgIpc) is 2.36. The van der Waals surface area contributed by atoms with E-state index in [-0.39, 0.29) is 0 Å². The third-order valence-electron chi connectivity index (χ3n) is 3.30. The molecule has 1 heterocycles. The molecule has 88 valence electrons. The maximum atomic E-state index is 5.24. The van der Waals surface area contributed by atoms with Crippen LogP contribution in [0.25, 0.3) is 0 Å². The summed E-state index contributed by atoms with van der Waals surface area (Å²) in [5, 5.41) is 3.42. The fourth-order valence-electron chi connectivity index (χ4n) is 2.14. The monoisotopic (exact) mass is 220 g/mol. The fraction of sp³-hybridized carbons (Fsp3) is 0.538. The van der Waals surface area contributed by atoms with Gasteiger partial charge in [-0.1, -0.05) is 6.92 Å². The third-order valence-corrected chi connectivity index (χ3v) is 3.30. The number of rotatable bonds is 3. The van der Waals surface area contributed by atoms with Gasteiger partial charge in [0.25, 0.3) is 0 Å². The Hall–Kier alpha value is -1.38. The first-order chi connectivity index (χ1) is 7.76. The summed E-state index contributed by atoms with van der Waals surface area (Å²) in [6.45, 7) is 6.59. The minimum Gasteiger partial charge on any atom is -0.497 e. The van der Waals surface area contributed by atoms with Gasteiger partial charge in [-0.2, -0.15) is 0 Å². The minimum atomic E-state index is 0.592. The van der Waals surface area contributed by atoms with Crippen LogP contribution in [-0.2, 0) is 0 Å². The first kappa shape index (κ1) is 11.1. The lowest BCUT2D eigenvalue weighted by Crippen LogP contribution is -2.40. The van der Waals surface area contributed by atoms with E-state index in [4.69, 9.17) is 4.74 Å². The highest BCUT2D eigenvalue weighted by Crippen LogP contribution is 2.33. The molecule has 2 rings (SSSR count). The zero-order valence-electron chi connectivity index (χ0n) is 10.3. The number of anilines is 2. The van der Waals surface area contributed by atoms with Gasteiger partial charge in [0.05, 0.1) is 18.5 Å². The molecule has 1 N–H and O–H groups in total. The number of fused-ring (bicyclic) bond motifs is 1. The van der Waals surface area contributed by atoms with E-state index in [0.29, 0.717) is 6.04 Å². The van der Waals surface area contributed by atoms with Crippen molar-refractivity contribution in [1.82, 2.24) is 0 Å². The Balaban J connectivity index is 2.32. The number of nitrogens with one attached hydrogen (secondary N) is 1. The quantitative estimate of drug-likeness (QED) is 0.847. The van der Waals surface area contributed by atoms with Crippen molar-refractivity contribution in [3.8, 4) is 5.75 Å². The topological polar surface area (TPSA) is 24.5 Å². The summed E-state index contributed by atoms with van der Waals surface area (Å²) in [4.78, 5) is 2.46. The van der Waals surface area contributed by atoms with Crippen molar-refractivity contribution in [2.24, 2.45) is 0 Å². The molecule has 1 unspecified atom stereocenters. The molecule has 16 heavy (non-hydrogen) atoms. The van der Waals surface area contributed by atoms with Gasteiger partial charge in [-0.15, -0.1) is 0 Å². The van der Waals surface area contributed by atoms with Crippen LogP contribution in [0, 0.1) is 0 Å². The van der Waals surface area contributed by atoms with Crippen LogP contribution in [0.1, 0.15) is 20.3 Å². The highest BCUT2D eigenvalue weighted by atomic mass is 16.5. The molecule has 1 aromatic rings. The molecule has 1 aliphatic rings. The van der Waals surface area contributed by atoms with Crippen molar-refractivity contribution in [1.29, 1.82) is 0 Å². The maximum absolute atomic E-state index is 5.24. The molecule has 1 aromatic carbocycles. The summed E-state index contributed by atoms with van der Waals surface area (Å²) < 4.78 is 5.24. The van der Waals surface area contributed by atoms with Gasteiger partial charge in [0.1, 0.15) is 5.75 Å². The molecule has 3 nitrogen and oxygen atoms in total. The molecule has 0 aromatic heterocycles. The van der Waals surface area contributed by atoms with Crippen molar-refractivity contribution in [3.05, 3.63) is 18.2 Å². The predicted molar refractivity (Wildman–Crippen MR) is 68.6 cm³/mol. The Labute approximate surface area is 97.4 Å². The summed E-state index contributed by atoms with van der Waals surface area (Å²) in [6, 6.07) is 6.84. The van der Waals surface area contributed by atoms with E-state index in [1.807, 2.05) is 6.07 Å². The Morgan fingerprint density at radius 1 is 1.50 bits per heavy atom. The molecule has 0 saturated heterocycles. The molecule has 0 radical (unpaired) electrons. The van der Waals surface area contributed by atoms with Gasteiger partial charge in [0.2, 0.25) is 0 Å². The second kappa shape index (κ2) is 4.64.